The highest BCUT2D eigenvalue weighted by molar-refractivity contribution is 5.97. The molecule has 1 rings (SSSR count). The topological polar surface area (TPSA) is 26.3 Å². The van der Waals surface area contributed by atoms with Crippen LogP contribution in [0.25, 0.3) is 0 Å². The Bertz CT molecular complexity index is 385. The molecule has 0 aliphatic carbocycles. The largest absolute Gasteiger partial charge is 0.366 e. The van der Waals surface area contributed by atoms with E-state index in [9.17, 15) is 9.18 Å². The van der Waals surface area contributed by atoms with Crippen LogP contribution in [0.15, 0.2) is 36.4 Å². The Kier molecular flexibility index (Phi) is 4.86. The molecule has 0 amide bonds. The molecule has 16 heavy (non-hydrogen) atoms. The van der Waals surface area contributed by atoms with Crippen molar-refractivity contribution < 1.29 is 13.9 Å². The summed E-state index contributed by atoms with van der Waals surface area (Å²) in [5.74, 6) is -0.843. The van der Waals surface area contributed by atoms with E-state index in [0.717, 1.165) is 0 Å². The zero-order valence-electron chi connectivity index (χ0n) is 9.44. The highest BCUT2D eigenvalue weighted by Gasteiger charge is 2.11. The van der Waals surface area contributed by atoms with Crippen LogP contribution in [0.4, 0.5) is 4.39 Å². The van der Waals surface area contributed by atoms with Crippen molar-refractivity contribution in [3.05, 3.63) is 47.8 Å². The smallest absolute Gasteiger partial charge is 0.191 e. The Hall–Kier alpha value is -1.48. The SMILES string of the molecule is C/C=C/C(C)OCC(=O)c1ccccc1F. The van der Waals surface area contributed by atoms with E-state index in [-0.39, 0.29) is 24.1 Å². The van der Waals surface area contributed by atoms with Crippen LogP contribution in [0.5, 0.6) is 0 Å². The van der Waals surface area contributed by atoms with Crippen LogP contribution in [0.1, 0.15) is 24.2 Å². The third-order valence-electron chi connectivity index (χ3n) is 2.12. The first-order valence-electron chi connectivity index (χ1n) is 5.17. The van der Waals surface area contributed by atoms with Crippen molar-refractivity contribution in [1.29, 1.82) is 0 Å². The first-order valence-corrected chi connectivity index (χ1v) is 5.17. The number of rotatable bonds is 5. The summed E-state index contributed by atoms with van der Waals surface area (Å²) < 4.78 is 18.5. The lowest BCUT2D eigenvalue weighted by molar-refractivity contribution is 0.0654. The van der Waals surface area contributed by atoms with Crippen LogP contribution in [0.2, 0.25) is 0 Å². The number of benzene rings is 1. The second-order valence-electron chi connectivity index (χ2n) is 3.44. The summed E-state index contributed by atoms with van der Waals surface area (Å²) in [6.07, 6.45) is 3.54. The maximum Gasteiger partial charge on any atom is 0.191 e. The quantitative estimate of drug-likeness (QED) is 0.565. The molecule has 3 heteroatoms. The maximum atomic E-state index is 13.2. The summed E-state index contributed by atoms with van der Waals surface area (Å²) in [4.78, 5) is 11.6. The Morgan fingerprint density at radius 2 is 2.19 bits per heavy atom. The van der Waals surface area contributed by atoms with Crippen LogP contribution in [0, 0.1) is 5.82 Å². The van der Waals surface area contributed by atoms with Gasteiger partial charge in [-0.2, -0.15) is 0 Å². The molecule has 0 saturated carbocycles. The first kappa shape index (κ1) is 12.6. The molecule has 0 aromatic heterocycles. The third-order valence-corrected chi connectivity index (χ3v) is 2.12. The highest BCUT2D eigenvalue weighted by atomic mass is 19.1. The summed E-state index contributed by atoms with van der Waals surface area (Å²) in [6, 6.07) is 5.91. The molecule has 1 unspecified atom stereocenters. The van der Waals surface area contributed by atoms with E-state index in [0.29, 0.717) is 0 Å². The number of halogens is 1. The van der Waals surface area contributed by atoms with Gasteiger partial charge in [0.2, 0.25) is 0 Å². The Balaban J connectivity index is 2.57. The maximum absolute atomic E-state index is 13.2. The predicted molar refractivity (Wildman–Crippen MR) is 61.0 cm³/mol. The number of hydrogen-bond donors (Lipinski definition) is 0. The minimum Gasteiger partial charge on any atom is -0.366 e. The lowest BCUT2D eigenvalue weighted by Crippen LogP contribution is -2.15. The fourth-order valence-electron chi connectivity index (χ4n) is 1.30. The number of ketones is 1. The molecule has 1 atom stereocenters. The Morgan fingerprint density at radius 3 is 2.81 bits per heavy atom. The van der Waals surface area contributed by atoms with Gasteiger partial charge in [-0.25, -0.2) is 4.39 Å². The van der Waals surface area contributed by atoms with E-state index in [2.05, 4.69) is 0 Å². The van der Waals surface area contributed by atoms with Gasteiger partial charge in [0.25, 0.3) is 0 Å². The fraction of sp³-hybridized carbons (Fsp3) is 0.308. The van der Waals surface area contributed by atoms with Crippen molar-refractivity contribution in [3.8, 4) is 0 Å². The van der Waals surface area contributed by atoms with Crippen molar-refractivity contribution in [1.82, 2.24) is 0 Å². The lowest BCUT2D eigenvalue weighted by Gasteiger charge is -2.08. The fourth-order valence-corrected chi connectivity index (χ4v) is 1.30. The summed E-state index contributed by atoms with van der Waals surface area (Å²) in [5, 5.41) is 0. The van der Waals surface area contributed by atoms with Gasteiger partial charge in [-0.15, -0.1) is 0 Å². The highest BCUT2D eigenvalue weighted by Crippen LogP contribution is 2.08. The van der Waals surface area contributed by atoms with Crippen LogP contribution < -0.4 is 0 Å². The van der Waals surface area contributed by atoms with E-state index in [1.807, 2.05) is 26.0 Å². The molecule has 0 fully saturated rings. The molecule has 0 saturated heterocycles. The van der Waals surface area contributed by atoms with Gasteiger partial charge in [0, 0.05) is 0 Å². The zero-order valence-corrected chi connectivity index (χ0v) is 9.44. The van der Waals surface area contributed by atoms with E-state index < -0.39 is 5.82 Å². The Labute approximate surface area is 94.7 Å². The molecule has 0 spiro atoms. The number of allylic oxidation sites excluding steroid dienone is 1. The van der Waals surface area contributed by atoms with Gasteiger partial charge < -0.3 is 4.74 Å². The molecule has 0 aliphatic rings. The summed E-state index contributed by atoms with van der Waals surface area (Å²) in [5.41, 5.74) is 0.0789. The van der Waals surface area contributed by atoms with Gasteiger partial charge in [0.1, 0.15) is 12.4 Å². The van der Waals surface area contributed by atoms with E-state index in [1.54, 1.807) is 12.1 Å². The molecule has 0 N–H and O–H groups in total. The van der Waals surface area contributed by atoms with E-state index in [4.69, 9.17) is 4.74 Å². The van der Waals surface area contributed by atoms with Crippen molar-refractivity contribution in [2.75, 3.05) is 6.61 Å². The summed E-state index contributed by atoms with van der Waals surface area (Å²) in [7, 11) is 0. The van der Waals surface area contributed by atoms with Gasteiger partial charge in [-0.3, -0.25) is 4.79 Å². The van der Waals surface area contributed by atoms with Crippen molar-refractivity contribution in [3.63, 3.8) is 0 Å². The zero-order chi connectivity index (χ0) is 12.0. The van der Waals surface area contributed by atoms with Crippen molar-refractivity contribution in [2.45, 2.75) is 20.0 Å². The monoisotopic (exact) mass is 222 g/mol. The number of Topliss-reactive ketones (excluding diaryl/α,β-unsaturated/α-hetero) is 1. The summed E-state index contributed by atoms with van der Waals surface area (Å²) >= 11 is 0. The molecule has 0 heterocycles. The number of ether oxygens (including phenoxy) is 1. The van der Waals surface area contributed by atoms with Gasteiger partial charge >= 0.3 is 0 Å². The van der Waals surface area contributed by atoms with Gasteiger partial charge in [0.15, 0.2) is 5.78 Å². The summed E-state index contributed by atoms with van der Waals surface area (Å²) in [6.45, 7) is 3.60. The molecular weight excluding hydrogens is 207 g/mol. The van der Waals surface area contributed by atoms with Crippen molar-refractivity contribution >= 4 is 5.78 Å². The predicted octanol–water partition coefficient (Wildman–Crippen LogP) is 2.99. The molecule has 1 aromatic rings. The van der Waals surface area contributed by atoms with Gasteiger partial charge in [-0.1, -0.05) is 24.3 Å². The van der Waals surface area contributed by atoms with Gasteiger partial charge in [0.05, 0.1) is 11.7 Å². The lowest BCUT2D eigenvalue weighted by atomic mass is 10.1. The van der Waals surface area contributed by atoms with Crippen LogP contribution in [0.3, 0.4) is 0 Å². The molecule has 2 nitrogen and oxygen atoms in total. The number of carbonyl (C=O) groups excluding carboxylic acids is 1. The average Bonchev–Trinajstić information content (AvgIpc) is 2.27. The second-order valence-corrected chi connectivity index (χ2v) is 3.44. The third kappa shape index (κ3) is 3.59. The minimum atomic E-state index is -0.505. The molecule has 1 aromatic carbocycles. The van der Waals surface area contributed by atoms with Crippen LogP contribution >= 0.6 is 0 Å². The first-order chi connectivity index (χ1) is 7.65. The normalized spacial score (nSPS) is 12.9. The van der Waals surface area contributed by atoms with Gasteiger partial charge in [-0.05, 0) is 26.0 Å². The minimum absolute atomic E-state index is 0.0789. The number of hydrogen-bond acceptors (Lipinski definition) is 2. The molecular formula is C13H15FO2. The van der Waals surface area contributed by atoms with Crippen molar-refractivity contribution in [2.24, 2.45) is 0 Å². The van der Waals surface area contributed by atoms with E-state index in [1.165, 1.54) is 12.1 Å². The molecule has 0 bridgehead atoms. The van der Waals surface area contributed by atoms with Crippen LogP contribution in [-0.4, -0.2) is 18.5 Å². The average molecular weight is 222 g/mol. The standard InChI is InChI=1S/C13H15FO2/c1-3-6-10(2)16-9-13(15)11-7-4-5-8-12(11)14/h3-8,10H,9H2,1-2H3/b6-3+. The second kappa shape index (κ2) is 6.18. The Morgan fingerprint density at radius 1 is 1.50 bits per heavy atom. The number of carbonyl (C=O) groups is 1. The van der Waals surface area contributed by atoms with E-state index >= 15 is 0 Å². The van der Waals surface area contributed by atoms with Crippen LogP contribution in [-0.2, 0) is 4.74 Å². The molecule has 86 valence electrons. The molecule has 0 radical (unpaired) electrons. The molecule has 0 aliphatic heterocycles.